The highest BCUT2D eigenvalue weighted by Gasteiger charge is 2.25. The van der Waals surface area contributed by atoms with E-state index in [1.165, 1.54) is 11.8 Å². The number of hydrogen-bond acceptors (Lipinski definition) is 4. The topological polar surface area (TPSA) is 66.4 Å². The van der Waals surface area contributed by atoms with Gasteiger partial charge in [-0.1, -0.05) is 11.8 Å². The van der Waals surface area contributed by atoms with Crippen LogP contribution in [-0.2, 0) is 9.59 Å². The van der Waals surface area contributed by atoms with Crippen molar-refractivity contribution in [3.63, 3.8) is 0 Å². The Hall–Kier alpha value is -0.550. The van der Waals surface area contributed by atoms with Gasteiger partial charge in [-0.05, 0) is 12.8 Å². The van der Waals surface area contributed by atoms with Crippen molar-refractivity contribution in [2.75, 3.05) is 6.54 Å². The number of aliphatic carboxylic acids is 1. The molecule has 0 aliphatic carbocycles. The van der Waals surface area contributed by atoms with Crippen LogP contribution >= 0.6 is 11.8 Å². The molecule has 0 spiro atoms. The number of rotatable bonds is 4. The monoisotopic (exact) mass is 217 g/mol. The van der Waals surface area contributed by atoms with Crippen LogP contribution in [0.2, 0.25) is 0 Å². The van der Waals surface area contributed by atoms with Crippen LogP contribution in [0.3, 0.4) is 0 Å². The van der Waals surface area contributed by atoms with Gasteiger partial charge in [0.25, 0.3) is 0 Å². The molecule has 0 bridgehead atoms. The number of carboxylic acids is 1. The van der Waals surface area contributed by atoms with E-state index in [-0.39, 0.29) is 17.6 Å². The molecule has 14 heavy (non-hydrogen) atoms. The van der Waals surface area contributed by atoms with Crippen LogP contribution in [0.15, 0.2) is 0 Å². The standard InChI is InChI=1S/C9H15NO3S/c1-6(11)14-8-4-7(10-5-8)2-3-9(12)13/h7-8,10H,2-5H2,1H3,(H,12,13). The van der Waals surface area contributed by atoms with Gasteiger partial charge in [0, 0.05) is 31.2 Å². The highest BCUT2D eigenvalue weighted by Crippen LogP contribution is 2.23. The molecular formula is C9H15NO3S. The van der Waals surface area contributed by atoms with E-state index in [1.54, 1.807) is 6.92 Å². The van der Waals surface area contributed by atoms with Gasteiger partial charge in [-0.3, -0.25) is 9.59 Å². The molecule has 0 aromatic heterocycles. The summed E-state index contributed by atoms with van der Waals surface area (Å²) in [7, 11) is 0. The maximum atomic E-state index is 10.8. The van der Waals surface area contributed by atoms with Crippen LogP contribution in [-0.4, -0.2) is 34.0 Å². The Kier molecular flexibility index (Phi) is 4.41. The Labute approximate surface area is 87.4 Å². The second-order valence-corrected chi connectivity index (χ2v) is 4.98. The molecule has 1 fully saturated rings. The second-order valence-electron chi connectivity index (χ2n) is 3.50. The van der Waals surface area contributed by atoms with Crippen LogP contribution in [0, 0.1) is 0 Å². The van der Waals surface area contributed by atoms with Gasteiger partial charge in [-0.2, -0.15) is 0 Å². The van der Waals surface area contributed by atoms with Gasteiger partial charge in [0.05, 0.1) is 0 Å². The third-order valence-electron chi connectivity index (χ3n) is 2.22. The van der Waals surface area contributed by atoms with E-state index in [1.807, 2.05) is 0 Å². The summed E-state index contributed by atoms with van der Waals surface area (Å²) in [4.78, 5) is 21.1. The van der Waals surface area contributed by atoms with Gasteiger partial charge in [-0.15, -0.1) is 0 Å². The minimum atomic E-state index is -0.755. The molecule has 0 aromatic rings. The van der Waals surface area contributed by atoms with E-state index < -0.39 is 5.97 Å². The Morgan fingerprint density at radius 1 is 1.57 bits per heavy atom. The lowest BCUT2D eigenvalue weighted by Gasteiger charge is -2.07. The zero-order valence-corrected chi connectivity index (χ0v) is 8.97. The average molecular weight is 217 g/mol. The predicted octanol–water partition coefficient (Wildman–Crippen LogP) is 0.861. The van der Waals surface area contributed by atoms with Crippen LogP contribution in [0.4, 0.5) is 0 Å². The van der Waals surface area contributed by atoms with Gasteiger partial charge in [-0.25, -0.2) is 0 Å². The smallest absolute Gasteiger partial charge is 0.303 e. The normalized spacial score (nSPS) is 26.4. The first-order valence-corrected chi connectivity index (χ1v) is 5.58. The van der Waals surface area contributed by atoms with Crippen molar-refractivity contribution < 1.29 is 14.7 Å². The molecule has 80 valence electrons. The molecule has 1 saturated heterocycles. The van der Waals surface area contributed by atoms with E-state index in [2.05, 4.69) is 5.32 Å². The van der Waals surface area contributed by atoms with Crippen LogP contribution < -0.4 is 5.32 Å². The lowest BCUT2D eigenvalue weighted by atomic mass is 10.1. The number of hydrogen-bond donors (Lipinski definition) is 2. The fraction of sp³-hybridized carbons (Fsp3) is 0.778. The summed E-state index contributed by atoms with van der Waals surface area (Å²) in [5.41, 5.74) is 0. The summed E-state index contributed by atoms with van der Waals surface area (Å²) >= 11 is 1.35. The third-order valence-corrected chi connectivity index (χ3v) is 3.25. The van der Waals surface area contributed by atoms with Crippen molar-refractivity contribution in [1.29, 1.82) is 0 Å². The highest BCUT2D eigenvalue weighted by atomic mass is 32.2. The molecule has 0 aromatic carbocycles. The number of carbonyl (C=O) groups is 2. The maximum absolute atomic E-state index is 10.8. The fourth-order valence-electron chi connectivity index (χ4n) is 1.62. The van der Waals surface area contributed by atoms with Crippen molar-refractivity contribution in [3.05, 3.63) is 0 Å². The lowest BCUT2D eigenvalue weighted by Crippen LogP contribution is -2.22. The van der Waals surface area contributed by atoms with Gasteiger partial charge in [0.15, 0.2) is 5.12 Å². The van der Waals surface area contributed by atoms with E-state index in [9.17, 15) is 9.59 Å². The quantitative estimate of drug-likeness (QED) is 0.731. The zero-order valence-electron chi connectivity index (χ0n) is 8.16. The predicted molar refractivity (Wildman–Crippen MR) is 55.3 cm³/mol. The molecule has 0 radical (unpaired) electrons. The SMILES string of the molecule is CC(=O)SC1CNC(CCC(=O)O)C1. The van der Waals surface area contributed by atoms with Crippen molar-refractivity contribution in [2.24, 2.45) is 0 Å². The molecule has 4 nitrogen and oxygen atoms in total. The van der Waals surface area contributed by atoms with Crippen molar-refractivity contribution >= 4 is 22.8 Å². The van der Waals surface area contributed by atoms with Crippen LogP contribution in [0.1, 0.15) is 26.2 Å². The first-order valence-electron chi connectivity index (χ1n) is 4.70. The lowest BCUT2D eigenvalue weighted by molar-refractivity contribution is -0.137. The van der Waals surface area contributed by atoms with Crippen LogP contribution in [0.5, 0.6) is 0 Å². The van der Waals surface area contributed by atoms with Gasteiger partial charge in [0.1, 0.15) is 0 Å². The summed E-state index contributed by atoms with van der Waals surface area (Å²) in [5.74, 6) is -0.755. The minimum Gasteiger partial charge on any atom is -0.481 e. The van der Waals surface area contributed by atoms with Gasteiger partial charge in [0.2, 0.25) is 0 Å². The minimum absolute atomic E-state index is 0.135. The largest absolute Gasteiger partial charge is 0.481 e. The molecule has 1 aliphatic rings. The molecule has 1 rings (SSSR count). The molecule has 0 saturated carbocycles. The molecule has 5 heteroatoms. The summed E-state index contributed by atoms with van der Waals surface area (Å²) in [5, 5.41) is 12.2. The van der Waals surface area contributed by atoms with E-state index in [0.717, 1.165) is 13.0 Å². The summed E-state index contributed by atoms with van der Waals surface area (Å²) in [6.07, 6.45) is 1.76. The maximum Gasteiger partial charge on any atom is 0.303 e. The second kappa shape index (κ2) is 5.36. The molecule has 2 unspecified atom stereocenters. The number of carbonyl (C=O) groups excluding carboxylic acids is 1. The van der Waals surface area contributed by atoms with Crippen molar-refractivity contribution in [2.45, 2.75) is 37.5 Å². The molecule has 0 amide bonds. The molecule has 1 aliphatic heterocycles. The summed E-state index contributed by atoms with van der Waals surface area (Å²) in [6.45, 7) is 2.38. The number of thioether (sulfide) groups is 1. The summed E-state index contributed by atoms with van der Waals surface area (Å²) in [6, 6.07) is 0.267. The Bertz CT molecular complexity index is 232. The Morgan fingerprint density at radius 2 is 2.29 bits per heavy atom. The average Bonchev–Trinajstić information content (AvgIpc) is 2.47. The van der Waals surface area contributed by atoms with Crippen LogP contribution in [0.25, 0.3) is 0 Å². The number of nitrogens with one attached hydrogen (secondary N) is 1. The van der Waals surface area contributed by atoms with Gasteiger partial charge < -0.3 is 10.4 Å². The molecule has 2 atom stereocenters. The van der Waals surface area contributed by atoms with Crippen molar-refractivity contribution in [1.82, 2.24) is 5.32 Å². The van der Waals surface area contributed by atoms with Gasteiger partial charge >= 0.3 is 5.97 Å². The zero-order chi connectivity index (χ0) is 10.6. The first kappa shape index (κ1) is 11.5. The third kappa shape index (κ3) is 4.11. The fourth-order valence-corrected chi connectivity index (χ4v) is 2.60. The molecule has 1 heterocycles. The Morgan fingerprint density at radius 3 is 2.86 bits per heavy atom. The summed E-state index contributed by atoms with van der Waals surface area (Å²) < 4.78 is 0. The number of carboxylic acid groups (broad SMARTS) is 1. The van der Waals surface area contributed by atoms with E-state index >= 15 is 0 Å². The van der Waals surface area contributed by atoms with E-state index in [4.69, 9.17) is 5.11 Å². The first-order chi connectivity index (χ1) is 6.58. The van der Waals surface area contributed by atoms with E-state index in [0.29, 0.717) is 11.7 Å². The van der Waals surface area contributed by atoms with Crippen molar-refractivity contribution in [3.8, 4) is 0 Å². The molecule has 2 N–H and O–H groups in total. The highest BCUT2D eigenvalue weighted by molar-refractivity contribution is 8.14. The Balaban J connectivity index is 2.20. The molecular weight excluding hydrogens is 202 g/mol.